The maximum atomic E-state index is 12.2. The molecule has 1 rings (SSSR count). The Morgan fingerprint density at radius 3 is 2.32 bits per heavy atom. The van der Waals surface area contributed by atoms with Gasteiger partial charge >= 0.3 is 0 Å². The highest BCUT2D eigenvalue weighted by Crippen LogP contribution is 2.22. The summed E-state index contributed by atoms with van der Waals surface area (Å²) in [6, 6.07) is 7.80. The number of benzene rings is 1. The van der Waals surface area contributed by atoms with Gasteiger partial charge in [-0.05, 0) is 32.3 Å². The molecule has 5 heteroatoms. The molecule has 0 fully saturated rings. The van der Waals surface area contributed by atoms with Crippen LogP contribution in [0.5, 0.6) is 0 Å². The van der Waals surface area contributed by atoms with E-state index in [1.54, 1.807) is 7.05 Å². The summed E-state index contributed by atoms with van der Waals surface area (Å²) >= 11 is 5.57. The second kappa shape index (κ2) is 7.27. The van der Waals surface area contributed by atoms with Crippen LogP contribution >= 0.6 is 11.6 Å². The predicted molar refractivity (Wildman–Crippen MR) is 81.1 cm³/mol. The van der Waals surface area contributed by atoms with Crippen LogP contribution in [0.4, 0.5) is 0 Å². The van der Waals surface area contributed by atoms with E-state index in [1.807, 2.05) is 38.1 Å². The standard InChI is InChI=1S/C14H22ClNO2S/c1-12-6-8-14(9-7-12)13(2)16(3)19(17,18)11-5-4-10-15/h6-9,13H,4-5,10-11H2,1-3H3. The largest absolute Gasteiger partial charge is 0.214 e. The summed E-state index contributed by atoms with van der Waals surface area (Å²) in [5.74, 6) is 0.666. The van der Waals surface area contributed by atoms with Crippen molar-refractivity contribution in [1.29, 1.82) is 0 Å². The molecule has 0 saturated carbocycles. The summed E-state index contributed by atoms with van der Waals surface area (Å²) in [5, 5.41) is 0. The van der Waals surface area contributed by atoms with Crippen LogP contribution in [0.25, 0.3) is 0 Å². The first-order chi connectivity index (χ1) is 8.88. The van der Waals surface area contributed by atoms with E-state index in [1.165, 1.54) is 9.87 Å². The number of hydrogen-bond acceptors (Lipinski definition) is 2. The smallest absolute Gasteiger partial charge is 0.212 e. The first-order valence-corrected chi connectivity index (χ1v) is 8.61. The second-order valence-electron chi connectivity index (χ2n) is 4.81. The third-order valence-corrected chi connectivity index (χ3v) is 5.60. The quantitative estimate of drug-likeness (QED) is 0.572. The van der Waals surface area contributed by atoms with E-state index < -0.39 is 10.0 Å². The summed E-state index contributed by atoms with van der Waals surface area (Å²) in [6.07, 6.45) is 1.34. The van der Waals surface area contributed by atoms with Crippen molar-refractivity contribution >= 4 is 21.6 Å². The zero-order valence-electron chi connectivity index (χ0n) is 11.8. The van der Waals surface area contributed by atoms with Gasteiger partial charge in [0.2, 0.25) is 10.0 Å². The molecule has 108 valence electrons. The highest BCUT2D eigenvalue weighted by molar-refractivity contribution is 7.89. The molecule has 1 aromatic rings. The Hall–Kier alpha value is -0.580. The van der Waals surface area contributed by atoms with E-state index in [4.69, 9.17) is 11.6 Å². The number of alkyl halides is 1. The molecule has 0 saturated heterocycles. The molecule has 19 heavy (non-hydrogen) atoms. The van der Waals surface area contributed by atoms with Gasteiger partial charge in [0.25, 0.3) is 0 Å². The third-order valence-electron chi connectivity index (χ3n) is 3.33. The lowest BCUT2D eigenvalue weighted by Gasteiger charge is -2.24. The van der Waals surface area contributed by atoms with Crippen LogP contribution in [-0.2, 0) is 10.0 Å². The van der Waals surface area contributed by atoms with Crippen molar-refractivity contribution in [2.75, 3.05) is 18.7 Å². The summed E-state index contributed by atoms with van der Waals surface area (Å²) in [6.45, 7) is 3.92. The summed E-state index contributed by atoms with van der Waals surface area (Å²) in [7, 11) is -1.58. The van der Waals surface area contributed by atoms with Crippen LogP contribution in [0.2, 0.25) is 0 Å². The number of sulfonamides is 1. The zero-order chi connectivity index (χ0) is 14.5. The van der Waals surface area contributed by atoms with Crippen molar-refractivity contribution < 1.29 is 8.42 Å². The molecule has 0 radical (unpaired) electrons. The van der Waals surface area contributed by atoms with Crippen molar-refractivity contribution in [2.45, 2.75) is 32.7 Å². The van der Waals surface area contributed by atoms with Gasteiger partial charge in [0.15, 0.2) is 0 Å². The molecule has 3 nitrogen and oxygen atoms in total. The van der Waals surface area contributed by atoms with Gasteiger partial charge in [-0.3, -0.25) is 0 Å². The molecule has 1 unspecified atom stereocenters. The lowest BCUT2D eigenvalue weighted by atomic mass is 10.1. The van der Waals surface area contributed by atoms with Crippen molar-refractivity contribution in [3.8, 4) is 0 Å². The summed E-state index contributed by atoms with van der Waals surface area (Å²) < 4.78 is 25.8. The van der Waals surface area contributed by atoms with E-state index in [0.717, 1.165) is 12.0 Å². The number of hydrogen-bond donors (Lipinski definition) is 0. The topological polar surface area (TPSA) is 37.4 Å². The van der Waals surface area contributed by atoms with E-state index >= 15 is 0 Å². The van der Waals surface area contributed by atoms with Crippen molar-refractivity contribution in [3.05, 3.63) is 35.4 Å². The molecular formula is C14H22ClNO2S. The van der Waals surface area contributed by atoms with Gasteiger partial charge in [-0.1, -0.05) is 29.8 Å². The summed E-state index contributed by atoms with van der Waals surface area (Å²) in [4.78, 5) is 0. The molecule has 0 aromatic heterocycles. The molecule has 0 heterocycles. The minimum absolute atomic E-state index is 0.151. The predicted octanol–water partition coefficient (Wildman–Crippen LogP) is 3.34. The number of aryl methyl sites for hydroxylation is 1. The lowest BCUT2D eigenvalue weighted by Crippen LogP contribution is -2.31. The Labute approximate surface area is 121 Å². The van der Waals surface area contributed by atoms with E-state index in [0.29, 0.717) is 12.3 Å². The minimum atomic E-state index is -3.22. The molecule has 0 spiro atoms. The van der Waals surface area contributed by atoms with Crippen molar-refractivity contribution in [2.24, 2.45) is 0 Å². The Bertz CT molecular complexity index is 485. The van der Waals surface area contributed by atoms with Gasteiger partial charge in [-0.2, -0.15) is 4.31 Å². The van der Waals surface area contributed by atoms with Gasteiger partial charge < -0.3 is 0 Å². The van der Waals surface area contributed by atoms with Gasteiger partial charge in [0, 0.05) is 19.0 Å². The molecule has 0 N–H and O–H groups in total. The fourth-order valence-corrected chi connectivity index (χ4v) is 3.47. The Balaban J connectivity index is 2.75. The van der Waals surface area contributed by atoms with E-state index in [2.05, 4.69) is 0 Å². The molecular weight excluding hydrogens is 282 g/mol. The molecule has 0 bridgehead atoms. The molecule has 1 atom stereocenters. The maximum Gasteiger partial charge on any atom is 0.214 e. The molecule has 0 aliphatic rings. The van der Waals surface area contributed by atoms with Gasteiger partial charge in [0.1, 0.15) is 0 Å². The number of rotatable bonds is 7. The average Bonchev–Trinajstić information content (AvgIpc) is 2.38. The van der Waals surface area contributed by atoms with Gasteiger partial charge in [-0.25, -0.2) is 8.42 Å². The molecule has 0 amide bonds. The SMILES string of the molecule is Cc1ccc(C(C)N(C)S(=O)(=O)CCCCCl)cc1. The number of unbranched alkanes of at least 4 members (excludes halogenated alkanes) is 1. The van der Waals surface area contributed by atoms with Crippen molar-refractivity contribution in [1.82, 2.24) is 4.31 Å². The number of halogens is 1. The highest BCUT2D eigenvalue weighted by atomic mass is 35.5. The van der Waals surface area contributed by atoms with Gasteiger partial charge in [-0.15, -0.1) is 11.6 Å². The van der Waals surface area contributed by atoms with Crippen LogP contribution in [0, 0.1) is 6.92 Å². The lowest BCUT2D eigenvalue weighted by molar-refractivity contribution is 0.397. The normalized spacial score (nSPS) is 13.7. The Kier molecular flexibility index (Phi) is 6.30. The van der Waals surface area contributed by atoms with Crippen LogP contribution < -0.4 is 0 Å². The fraction of sp³-hybridized carbons (Fsp3) is 0.571. The van der Waals surface area contributed by atoms with Crippen LogP contribution in [0.3, 0.4) is 0 Å². The monoisotopic (exact) mass is 303 g/mol. The molecule has 0 aliphatic carbocycles. The highest BCUT2D eigenvalue weighted by Gasteiger charge is 2.23. The Morgan fingerprint density at radius 1 is 1.21 bits per heavy atom. The van der Waals surface area contributed by atoms with E-state index in [9.17, 15) is 8.42 Å². The first-order valence-electron chi connectivity index (χ1n) is 6.46. The third kappa shape index (κ3) is 4.79. The summed E-state index contributed by atoms with van der Waals surface area (Å²) in [5.41, 5.74) is 2.18. The first kappa shape index (κ1) is 16.5. The van der Waals surface area contributed by atoms with Gasteiger partial charge in [0.05, 0.1) is 5.75 Å². The minimum Gasteiger partial charge on any atom is -0.212 e. The Morgan fingerprint density at radius 2 is 1.79 bits per heavy atom. The fourth-order valence-electron chi connectivity index (χ4n) is 1.82. The van der Waals surface area contributed by atoms with Crippen LogP contribution in [0.1, 0.15) is 36.9 Å². The number of nitrogens with zero attached hydrogens (tertiary/aromatic N) is 1. The average molecular weight is 304 g/mol. The molecule has 0 aliphatic heterocycles. The van der Waals surface area contributed by atoms with Crippen molar-refractivity contribution in [3.63, 3.8) is 0 Å². The molecule has 1 aromatic carbocycles. The van der Waals surface area contributed by atoms with E-state index in [-0.39, 0.29) is 11.8 Å². The second-order valence-corrected chi connectivity index (χ2v) is 7.34. The zero-order valence-corrected chi connectivity index (χ0v) is 13.3. The van der Waals surface area contributed by atoms with Crippen LogP contribution in [-0.4, -0.2) is 31.4 Å². The maximum absolute atomic E-state index is 12.2. The van der Waals surface area contributed by atoms with Crippen LogP contribution in [0.15, 0.2) is 24.3 Å².